The number of pyridine rings is 2. The van der Waals surface area contributed by atoms with Crippen LogP contribution in [0.2, 0.25) is 5.15 Å². The van der Waals surface area contributed by atoms with Crippen LogP contribution in [0.4, 0.5) is 10.5 Å². The highest BCUT2D eigenvalue weighted by atomic mass is 35.5. The molecular weight excluding hydrogens is 386 g/mol. The van der Waals surface area contributed by atoms with Crippen LogP contribution < -0.4 is 15.1 Å². The number of benzene rings is 1. The minimum absolute atomic E-state index is 0.208. The van der Waals surface area contributed by atoms with Crippen molar-refractivity contribution in [1.82, 2.24) is 9.55 Å². The molecule has 1 aliphatic heterocycles. The fourth-order valence-electron chi connectivity index (χ4n) is 3.25. The number of hydrogen-bond donors (Lipinski definition) is 1. The quantitative estimate of drug-likeness (QED) is 0.532. The summed E-state index contributed by atoms with van der Waals surface area (Å²) in [5.74, 6) is -0.305. The standard InChI is InChI=1S/C19H16ClN3O5/c20-16-6-5-12-17(24)15(28-19(25)26)11-23(18(12)21-16)14-4-2-1-3-13(14)22-7-9-27-10-8-22/h1-6,11H,7-10H2,(H,25,26). The van der Waals surface area contributed by atoms with Crippen LogP contribution in [0.1, 0.15) is 0 Å². The lowest BCUT2D eigenvalue weighted by atomic mass is 10.2. The van der Waals surface area contributed by atoms with Gasteiger partial charge in [-0.1, -0.05) is 23.7 Å². The largest absolute Gasteiger partial charge is 0.511 e. The van der Waals surface area contributed by atoms with E-state index >= 15 is 0 Å². The van der Waals surface area contributed by atoms with Gasteiger partial charge in [0, 0.05) is 13.1 Å². The lowest BCUT2D eigenvalue weighted by Crippen LogP contribution is -2.36. The van der Waals surface area contributed by atoms with Crippen molar-refractivity contribution in [1.29, 1.82) is 0 Å². The second-order valence-corrected chi connectivity index (χ2v) is 6.54. The second kappa shape index (κ2) is 7.49. The number of aromatic nitrogens is 2. The Balaban J connectivity index is 1.98. The number of nitrogens with zero attached hydrogens (tertiary/aromatic N) is 3. The predicted octanol–water partition coefficient (Wildman–Crippen LogP) is 2.93. The Kier molecular flexibility index (Phi) is 4.89. The molecule has 8 nitrogen and oxygen atoms in total. The van der Waals surface area contributed by atoms with Gasteiger partial charge in [-0.25, -0.2) is 9.78 Å². The summed E-state index contributed by atoms with van der Waals surface area (Å²) in [6.45, 7) is 2.64. The topological polar surface area (TPSA) is 93.9 Å². The Labute approximate surface area is 164 Å². The highest BCUT2D eigenvalue weighted by Crippen LogP contribution is 2.29. The van der Waals surface area contributed by atoms with Gasteiger partial charge in [-0.3, -0.25) is 9.36 Å². The fraction of sp³-hybridized carbons (Fsp3) is 0.211. The number of ether oxygens (including phenoxy) is 2. The van der Waals surface area contributed by atoms with Crippen LogP contribution in [-0.2, 0) is 4.74 Å². The number of fused-ring (bicyclic) bond motifs is 1. The maximum absolute atomic E-state index is 12.6. The Morgan fingerprint density at radius 3 is 2.57 bits per heavy atom. The number of halogens is 1. The van der Waals surface area contributed by atoms with Gasteiger partial charge in [-0.05, 0) is 24.3 Å². The van der Waals surface area contributed by atoms with Crippen LogP contribution in [0, 0.1) is 0 Å². The number of morpholine rings is 1. The first kappa shape index (κ1) is 18.3. The molecule has 0 atom stereocenters. The van der Waals surface area contributed by atoms with Gasteiger partial charge in [-0.15, -0.1) is 0 Å². The van der Waals surface area contributed by atoms with Gasteiger partial charge in [0.05, 0.1) is 36.2 Å². The molecule has 9 heteroatoms. The molecule has 0 aliphatic carbocycles. The maximum atomic E-state index is 12.6. The molecule has 0 bridgehead atoms. The van der Waals surface area contributed by atoms with Crippen molar-refractivity contribution in [2.45, 2.75) is 0 Å². The van der Waals surface area contributed by atoms with Crippen molar-refractivity contribution in [2.75, 3.05) is 31.2 Å². The molecule has 4 rings (SSSR count). The molecule has 1 aliphatic rings. The minimum atomic E-state index is -1.56. The molecule has 2 aromatic heterocycles. The zero-order valence-corrected chi connectivity index (χ0v) is 15.4. The molecule has 0 spiro atoms. The zero-order valence-electron chi connectivity index (χ0n) is 14.7. The molecule has 0 unspecified atom stereocenters. The highest BCUT2D eigenvalue weighted by molar-refractivity contribution is 6.29. The first-order valence-electron chi connectivity index (χ1n) is 8.59. The van der Waals surface area contributed by atoms with E-state index in [9.17, 15) is 9.59 Å². The number of para-hydroxylation sites is 2. The van der Waals surface area contributed by atoms with Crippen LogP contribution in [0.3, 0.4) is 0 Å². The molecule has 0 amide bonds. The second-order valence-electron chi connectivity index (χ2n) is 6.15. The molecular formula is C19H16ClN3O5. The van der Waals surface area contributed by atoms with E-state index < -0.39 is 11.6 Å². The molecule has 144 valence electrons. The highest BCUT2D eigenvalue weighted by Gasteiger charge is 2.20. The Morgan fingerprint density at radius 2 is 1.86 bits per heavy atom. The summed E-state index contributed by atoms with van der Waals surface area (Å²) in [5.41, 5.74) is 1.37. The molecule has 1 fully saturated rings. The molecule has 1 N–H and O–H groups in total. The van der Waals surface area contributed by atoms with Crippen molar-refractivity contribution in [3.63, 3.8) is 0 Å². The van der Waals surface area contributed by atoms with Gasteiger partial charge in [0.15, 0.2) is 5.75 Å². The first-order chi connectivity index (χ1) is 13.5. The molecule has 3 aromatic rings. The SMILES string of the molecule is O=C(O)Oc1cn(-c2ccccc2N2CCOCC2)c2nc(Cl)ccc2c1=O. The third kappa shape index (κ3) is 3.39. The van der Waals surface area contributed by atoms with Gasteiger partial charge in [-0.2, -0.15) is 0 Å². The van der Waals surface area contributed by atoms with Crippen LogP contribution in [0.15, 0.2) is 47.4 Å². The van der Waals surface area contributed by atoms with E-state index in [1.165, 1.54) is 18.3 Å². The number of carboxylic acid groups (broad SMARTS) is 1. The van der Waals surface area contributed by atoms with Crippen LogP contribution in [0.5, 0.6) is 5.75 Å². The van der Waals surface area contributed by atoms with Crippen molar-refractivity contribution < 1.29 is 19.4 Å². The van der Waals surface area contributed by atoms with Gasteiger partial charge in [0.25, 0.3) is 0 Å². The number of rotatable bonds is 3. The predicted molar refractivity (Wildman–Crippen MR) is 104 cm³/mol. The lowest BCUT2D eigenvalue weighted by molar-refractivity contribution is 0.122. The fourth-order valence-corrected chi connectivity index (χ4v) is 3.39. The summed E-state index contributed by atoms with van der Waals surface area (Å²) in [4.78, 5) is 30.1. The zero-order chi connectivity index (χ0) is 19.7. The van der Waals surface area contributed by atoms with E-state index in [1.807, 2.05) is 24.3 Å². The van der Waals surface area contributed by atoms with E-state index in [0.29, 0.717) is 32.0 Å². The van der Waals surface area contributed by atoms with Gasteiger partial charge in [0.1, 0.15) is 10.8 Å². The summed E-state index contributed by atoms with van der Waals surface area (Å²) >= 11 is 6.06. The number of hydrogen-bond acceptors (Lipinski definition) is 6. The number of carbonyl (C=O) groups is 1. The summed E-state index contributed by atoms with van der Waals surface area (Å²) in [6, 6.07) is 10.6. The Bertz CT molecular complexity index is 1110. The summed E-state index contributed by atoms with van der Waals surface area (Å²) < 4.78 is 11.8. The van der Waals surface area contributed by atoms with Crippen LogP contribution in [0.25, 0.3) is 16.7 Å². The van der Waals surface area contributed by atoms with Crippen LogP contribution >= 0.6 is 11.6 Å². The number of anilines is 1. The minimum Gasteiger partial charge on any atom is -0.449 e. The molecule has 0 saturated carbocycles. The van der Waals surface area contributed by atoms with Crippen molar-refractivity contribution in [3.05, 3.63) is 58.0 Å². The van der Waals surface area contributed by atoms with Gasteiger partial charge < -0.3 is 19.5 Å². The van der Waals surface area contributed by atoms with Gasteiger partial charge in [0.2, 0.25) is 5.43 Å². The van der Waals surface area contributed by atoms with E-state index in [1.54, 1.807) is 4.57 Å². The molecule has 3 heterocycles. The Hall–Kier alpha value is -3.10. The van der Waals surface area contributed by atoms with Gasteiger partial charge >= 0.3 is 6.16 Å². The van der Waals surface area contributed by atoms with Crippen molar-refractivity contribution in [3.8, 4) is 11.4 Å². The summed E-state index contributed by atoms with van der Waals surface area (Å²) in [6.07, 6.45) is -0.229. The average Bonchev–Trinajstić information content (AvgIpc) is 2.70. The normalized spacial score (nSPS) is 14.2. The van der Waals surface area contributed by atoms with Crippen molar-refractivity contribution in [2.24, 2.45) is 0 Å². The summed E-state index contributed by atoms with van der Waals surface area (Å²) in [7, 11) is 0. The van der Waals surface area contributed by atoms with Crippen molar-refractivity contribution >= 4 is 34.5 Å². The average molecular weight is 402 g/mol. The van der Waals surface area contributed by atoms with E-state index in [0.717, 1.165) is 11.4 Å². The molecule has 0 radical (unpaired) electrons. The maximum Gasteiger partial charge on any atom is 0.511 e. The summed E-state index contributed by atoms with van der Waals surface area (Å²) in [5, 5.41) is 9.43. The third-order valence-corrected chi connectivity index (χ3v) is 4.68. The van der Waals surface area contributed by atoms with E-state index in [4.69, 9.17) is 26.2 Å². The monoisotopic (exact) mass is 401 g/mol. The molecule has 1 aromatic carbocycles. The van der Waals surface area contributed by atoms with E-state index in [2.05, 4.69) is 9.88 Å². The Morgan fingerprint density at radius 1 is 1.14 bits per heavy atom. The third-order valence-electron chi connectivity index (χ3n) is 4.47. The first-order valence-corrected chi connectivity index (χ1v) is 8.97. The lowest BCUT2D eigenvalue weighted by Gasteiger charge is -2.31. The van der Waals surface area contributed by atoms with Crippen LogP contribution in [-0.4, -0.2) is 47.1 Å². The van der Waals surface area contributed by atoms with E-state index in [-0.39, 0.29) is 16.3 Å². The molecule has 28 heavy (non-hydrogen) atoms. The smallest absolute Gasteiger partial charge is 0.449 e. The molecule has 1 saturated heterocycles.